The largest absolute Gasteiger partial charge is 0.397 e. The maximum Gasteiger partial charge on any atom is 0.148 e. The summed E-state index contributed by atoms with van der Waals surface area (Å²) in [5.41, 5.74) is 6.87. The van der Waals surface area contributed by atoms with Crippen molar-refractivity contribution in [1.29, 1.82) is 0 Å². The van der Waals surface area contributed by atoms with Crippen molar-refractivity contribution in [1.82, 2.24) is 4.98 Å². The van der Waals surface area contributed by atoms with Gasteiger partial charge >= 0.3 is 0 Å². The first kappa shape index (κ1) is 10.7. The molecule has 0 aliphatic carbocycles. The van der Waals surface area contributed by atoms with Gasteiger partial charge in [-0.15, -0.1) is 0 Å². The smallest absolute Gasteiger partial charge is 0.148 e. The molecule has 0 unspecified atom stereocenters. The summed E-state index contributed by atoms with van der Waals surface area (Å²) in [4.78, 5) is 3.89. The number of halogens is 2. The molecule has 3 nitrogen and oxygen atoms in total. The third kappa shape index (κ3) is 2.23. The van der Waals surface area contributed by atoms with Gasteiger partial charge in [0.1, 0.15) is 5.82 Å². The minimum atomic E-state index is -0.421. The van der Waals surface area contributed by atoms with Crippen LogP contribution in [0.2, 0.25) is 5.02 Å². The van der Waals surface area contributed by atoms with E-state index in [1.54, 1.807) is 24.4 Å². The van der Waals surface area contributed by atoms with Crippen LogP contribution in [0, 0.1) is 5.82 Å². The van der Waals surface area contributed by atoms with Crippen LogP contribution in [-0.4, -0.2) is 4.98 Å². The summed E-state index contributed by atoms with van der Waals surface area (Å²) >= 11 is 5.87. The second kappa shape index (κ2) is 4.37. The molecule has 0 radical (unpaired) electrons. The number of pyridine rings is 1. The molecule has 3 N–H and O–H groups in total. The molecule has 0 spiro atoms. The fourth-order valence-corrected chi connectivity index (χ4v) is 1.50. The van der Waals surface area contributed by atoms with Crippen molar-refractivity contribution in [3.63, 3.8) is 0 Å². The van der Waals surface area contributed by atoms with Crippen molar-refractivity contribution < 1.29 is 4.39 Å². The van der Waals surface area contributed by atoms with E-state index in [0.29, 0.717) is 16.4 Å². The Morgan fingerprint density at radius 3 is 2.81 bits per heavy atom. The Labute approximate surface area is 97.1 Å². The lowest BCUT2D eigenvalue weighted by atomic mass is 10.3. The molecule has 0 atom stereocenters. The molecule has 82 valence electrons. The number of nitrogens with zero attached hydrogens (tertiary/aromatic N) is 1. The summed E-state index contributed by atoms with van der Waals surface area (Å²) < 4.78 is 13.4. The Balaban J connectivity index is 2.34. The van der Waals surface area contributed by atoms with Crippen molar-refractivity contribution in [2.24, 2.45) is 0 Å². The van der Waals surface area contributed by atoms with Gasteiger partial charge in [0.15, 0.2) is 0 Å². The number of hydrogen-bond acceptors (Lipinski definition) is 3. The summed E-state index contributed by atoms with van der Waals surface area (Å²) in [6.45, 7) is 0. The van der Waals surface area contributed by atoms with Gasteiger partial charge in [-0.1, -0.05) is 17.7 Å². The number of rotatable bonds is 2. The highest BCUT2D eigenvalue weighted by atomic mass is 35.5. The molecule has 1 heterocycles. The van der Waals surface area contributed by atoms with E-state index in [1.807, 2.05) is 0 Å². The summed E-state index contributed by atoms with van der Waals surface area (Å²) in [7, 11) is 0. The first-order valence-electron chi connectivity index (χ1n) is 4.58. The summed E-state index contributed by atoms with van der Waals surface area (Å²) in [6, 6.07) is 6.12. The molecular formula is C11H9ClFN3. The Hall–Kier alpha value is -1.81. The maximum atomic E-state index is 13.4. The van der Waals surface area contributed by atoms with Crippen molar-refractivity contribution in [2.75, 3.05) is 11.1 Å². The second-order valence-corrected chi connectivity index (χ2v) is 3.64. The molecule has 2 rings (SSSR count). The van der Waals surface area contributed by atoms with Gasteiger partial charge < -0.3 is 11.1 Å². The Morgan fingerprint density at radius 2 is 2.12 bits per heavy atom. The Kier molecular flexibility index (Phi) is 2.92. The normalized spacial score (nSPS) is 10.1. The van der Waals surface area contributed by atoms with Crippen LogP contribution >= 0.6 is 11.6 Å². The van der Waals surface area contributed by atoms with E-state index in [-0.39, 0.29) is 5.69 Å². The molecule has 1 aromatic heterocycles. The van der Waals surface area contributed by atoms with E-state index in [2.05, 4.69) is 10.3 Å². The maximum absolute atomic E-state index is 13.4. The van der Waals surface area contributed by atoms with Gasteiger partial charge in [-0.25, -0.2) is 4.39 Å². The zero-order valence-electron chi connectivity index (χ0n) is 8.24. The van der Waals surface area contributed by atoms with Crippen LogP contribution in [0.25, 0.3) is 0 Å². The van der Waals surface area contributed by atoms with Gasteiger partial charge in [0.05, 0.1) is 28.3 Å². The molecule has 0 saturated heterocycles. The first-order valence-corrected chi connectivity index (χ1v) is 4.96. The Morgan fingerprint density at radius 1 is 1.31 bits per heavy atom. The van der Waals surface area contributed by atoms with Gasteiger partial charge in [0.2, 0.25) is 0 Å². The van der Waals surface area contributed by atoms with E-state index in [1.165, 1.54) is 12.3 Å². The van der Waals surface area contributed by atoms with E-state index in [4.69, 9.17) is 17.3 Å². The molecular weight excluding hydrogens is 229 g/mol. The standard InChI is InChI=1S/C11H9ClFN3/c12-9-2-1-3-10(13)11(9)16-8-4-7(14)5-15-6-8/h1-6,16H,14H2. The van der Waals surface area contributed by atoms with E-state index in [9.17, 15) is 4.39 Å². The highest BCUT2D eigenvalue weighted by Crippen LogP contribution is 2.28. The zero-order valence-corrected chi connectivity index (χ0v) is 9.00. The molecule has 0 aliphatic heterocycles. The van der Waals surface area contributed by atoms with Gasteiger partial charge in [0, 0.05) is 6.20 Å². The van der Waals surface area contributed by atoms with Crippen LogP contribution in [0.4, 0.5) is 21.5 Å². The van der Waals surface area contributed by atoms with E-state index >= 15 is 0 Å². The lowest BCUT2D eigenvalue weighted by Gasteiger charge is -2.09. The molecule has 16 heavy (non-hydrogen) atoms. The number of hydrogen-bond donors (Lipinski definition) is 2. The predicted molar refractivity (Wildman–Crippen MR) is 63.3 cm³/mol. The number of nitrogens with one attached hydrogen (secondary N) is 1. The van der Waals surface area contributed by atoms with Crippen LogP contribution in [0.5, 0.6) is 0 Å². The topological polar surface area (TPSA) is 50.9 Å². The summed E-state index contributed by atoms with van der Waals surface area (Å²) in [6.07, 6.45) is 3.05. The quantitative estimate of drug-likeness (QED) is 0.843. The number of nitrogens with two attached hydrogens (primary N) is 1. The minimum Gasteiger partial charge on any atom is -0.397 e. The molecule has 5 heteroatoms. The number of nitrogen functional groups attached to an aromatic ring is 1. The van der Waals surface area contributed by atoms with Gasteiger partial charge in [-0.2, -0.15) is 0 Å². The molecule has 0 aliphatic rings. The van der Waals surface area contributed by atoms with Crippen molar-refractivity contribution in [2.45, 2.75) is 0 Å². The van der Waals surface area contributed by atoms with Crippen LogP contribution in [0.3, 0.4) is 0 Å². The molecule has 2 aromatic rings. The molecule has 0 fully saturated rings. The molecule has 1 aromatic carbocycles. The van der Waals surface area contributed by atoms with E-state index in [0.717, 1.165) is 0 Å². The average molecular weight is 238 g/mol. The van der Waals surface area contributed by atoms with Crippen molar-refractivity contribution in [3.05, 3.63) is 47.5 Å². The van der Waals surface area contributed by atoms with Crippen LogP contribution in [-0.2, 0) is 0 Å². The van der Waals surface area contributed by atoms with Gasteiger partial charge in [-0.3, -0.25) is 4.98 Å². The predicted octanol–water partition coefficient (Wildman–Crippen LogP) is 3.20. The molecule has 0 bridgehead atoms. The minimum absolute atomic E-state index is 0.219. The molecule has 0 saturated carbocycles. The van der Waals surface area contributed by atoms with Gasteiger partial charge in [0.25, 0.3) is 0 Å². The number of aromatic nitrogens is 1. The Bertz CT molecular complexity index is 496. The fourth-order valence-electron chi connectivity index (χ4n) is 1.29. The van der Waals surface area contributed by atoms with E-state index < -0.39 is 5.82 Å². The SMILES string of the molecule is Nc1cncc(Nc2c(F)cccc2Cl)c1. The monoisotopic (exact) mass is 237 g/mol. The third-order valence-electron chi connectivity index (χ3n) is 1.99. The lowest BCUT2D eigenvalue weighted by Crippen LogP contribution is -1.96. The van der Waals surface area contributed by atoms with Gasteiger partial charge in [-0.05, 0) is 18.2 Å². The van der Waals surface area contributed by atoms with Crippen molar-refractivity contribution in [3.8, 4) is 0 Å². The summed E-state index contributed by atoms with van der Waals surface area (Å²) in [5.74, 6) is -0.421. The third-order valence-corrected chi connectivity index (χ3v) is 2.31. The van der Waals surface area contributed by atoms with Crippen LogP contribution in [0.15, 0.2) is 36.7 Å². The lowest BCUT2D eigenvalue weighted by molar-refractivity contribution is 0.632. The highest BCUT2D eigenvalue weighted by molar-refractivity contribution is 6.33. The van der Waals surface area contributed by atoms with Crippen molar-refractivity contribution >= 4 is 28.7 Å². The molecule has 0 amide bonds. The second-order valence-electron chi connectivity index (χ2n) is 3.23. The highest BCUT2D eigenvalue weighted by Gasteiger charge is 2.06. The number of anilines is 3. The number of benzene rings is 1. The number of para-hydroxylation sites is 1. The average Bonchev–Trinajstić information content (AvgIpc) is 2.24. The zero-order chi connectivity index (χ0) is 11.5. The van der Waals surface area contributed by atoms with Crippen LogP contribution < -0.4 is 11.1 Å². The summed E-state index contributed by atoms with van der Waals surface area (Å²) in [5, 5.41) is 3.14. The van der Waals surface area contributed by atoms with Crippen LogP contribution in [0.1, 0.15) is 0 Å². The first-order chi connectivity index (χ1) is 7.66. The fraction of sp³-hybridized carbons (Fsp3) is 0.